The molecule has 0 fully saturated rings. The second-order valence-corrected chi connectivity index (χ2v) is 4.42. The minimum atomic E-state index is 0.588. The van der Waals surface area contributed by atoms with Gasteiger partial charge in [-0.05, 0) is 24.3 Å². The van der Waals surface area contributed by atoms with E-state index < -0.39 is 0 Å². The highest BCUT2D eigenvalue weighted by atomic mass is 16.5. The van der Waals surface area contributed by atoms with Crippen molar-refractivity contribution in [3.8, 4) is 17.2 Å². The van der Waals surface area contributed by atoms with Crippen molar-refractivity contribution < 1.29 is 9.15 Å². The highest BCUT2D eigenvalue weighted by Gasteiger charge is 2.06. The van der Waals surface area contributed by atoms with Gasteiger partial charge < -0.3 is 9.15 Å². The lowest BCUT2D eigenvalue weighted by Crippen LogP contribution is -2.01. The molecule has 0 N–H and O–H groups in total. The van der Waals surface area contributed by atoms with Gasteiger partial charge in [-0.1, -0.05) is 36.4 Å². The predicted octanol–water partition coefficient (Wildman–Crippen LogP) is 3.96. The summed E-state index contributed by atoms with van der Waals surface area (Å²) >= 11 is 0. The van der Waals surface area contributed by atoms with Gasteiger partial charge in [0.1, 0.15) is 12.0 Å². The first kappa shape index (κ1) is 12.5. The van der Waals surface area contributed by atoms with Crippen molar-refractivity contribution in [3.05, 3.63) is 72.6 Å². The molecule has 3 aromatic rings. The molecular weight excluding hydrogens is 250 g/mol. The first-order valence-corrected chi connectivity index (χ1v) is 6.59. The number of oxazole rings is 1. The molecule has 0 saturated heterocycles. The van der Waals surface area contributed by atoms with Crippen LogP contribution in [0.4, 0.5) is 0 Å². The summed E-state index contributed by atoms with van der Waals surface area (Å²) in [6, 6.07) is 19.6. The molecule has 3 nitrogen and oxygen atoms in total. The number of benzene rings is 2. The third-order valence-electron chi connectivity index (χ3n) is 2.94. The molecule has 1 aromatic heterocycles. The van der Waals surface area contributed by atoms with E-state index in [4.69, 9.17) is 9.15 Å². The van der Waals surface area contributed by atoms with Crippen LogP contribution in [0, 0.1) is 0 Å². The van der Waals surface area contributed by atoms with Gasteiger partial charge in [-0.25, -0.2) is 4.98 Å². The average molecular weight is 265 g/mol. The molecule has 0 radical (unpaired) electrons. The second kappa shape index (κ2) is 6.06. The average Bonchev–Trinajstić information content (AvgIpc) is 2.98. The van der Waals surface area contributed by atoms with Crippen LogP contribution in [0.3, 0.4) is 0 Å². The zero-order chi connectivity index (χ0) is 13.6. The summed E-state index contributed by atoms with van der Waals surface area (Å²) in [7, 11) is 0. The normalized spacial score (nSPS) is 10.4. The molecule has 0 saturated carbocycles. The Morgan fingerprint density at radius 3 is 2.35 bits per heavy atom. The largest absolute Gasteiger partial charge is 0.493 e. The van der Waals surface area contributed by atoms with Crippen molar-refractivity contribution in [1.82, 2.24) is 4.98 Å². The SMILES string of the molecule is c1ccc(OCCc2coc(-c3ccccc3)n2)cc1. The predicted molar refractivity (Wildman–Crippen MR) is 77.6 cm³/mol. The molecule has 0 aliphatic rings. The highest BCUT2D eigenvalue weighted by molar-refractivity contribution is 5.52. The summed E-state index contributed by atoms with van der Waals surface area (Å²) in [6.07, 6.45) is 2.42. The molecule has 0 aliphatic carbocycles. The Labute approximate surface area is 117 Å². The van der Waals surface area contributed by atoms with Gasteiger partial charge in [0.05, 0.1) is 12.3 Å². The third kappa shape index (κ3) is 3.06. The lowest BCUT2D eigenvalue weighted by Gasteiger charge is -2.03. The lowest BCUT2D eigenvalue weighted by atomic mass is 10.2. The molecule has 0 spiro atoms. The van der Waals surface area contributed by atoms with E-state index in [0.717, 1.165) is 23.4 Å². The smallest absolute Gasteiger partial charge is 0.226 e. The Morgan fingerprint density at radius 2 is 1.60 bits per heavy atom. The van der Waals surface area contributed by atoms with Crippen LogP contribution in [0.5, 0.6) is 5.75 Å². The van der Waals surface area contributed by atoms with Gasteiger partial charge in [-0.15, -0.1) is 0 Å². The summed E-state index contributed by atoms with van der Waals surface area (Å²) in [5.41, 5.74) is 1.89. The summed E-state index contributed by atoms with van der Waals surface area (Å²) in [5, 5.41) is 0. The zero-order valence-corrected chi connectivity index (χ0v) is 11.0. The van der Waals surface area contributed by atoms with Gasteiger partial charge in [0.2, 0.25) is 5.89 Å². The molecule has 100 valence electrons. The molecular formula is C17H15NO2. The number of hydrogen-bond donors (Lipinski definition) is 0. The van der Waals surface area contributed by atoms with Crippen molar-refractivity contribution in [3.63, 3.8) is 0 Å². The summed E-state index contributed by atoms with van der Waals surface area (Å²) in [5.74, 6) is 1.53. The van der Waals surface area contributed by atoms with E-state index >= 15 is 0 Å². The first-order valence-electron chi connectivity index (χ1n) is 6.59. The van der Waals surface area contributed by atoms with Crippen molar-refractivity contribution in [1.29, 1.82) is 0 Å². The van der Waals surface area contributed by atoms with Gasteiger partial charge in [0, 0.05) is 12.0 Å². The summed E-state index contributed by atoms with van der Waals surface area (Å²) < 4.78 is 11.1. The third-order valence-corrected chi connectivity index (χ3v) is 2.94. The number of para-hydroxylation sites is 1. The number of hydrogen-bond acceptors (Lipinski definition) is 3. The van der Waals surface area contributed by atoms with Gasteiger partial charge in [0.15, 0.2) is 0 Å². The van der Waals surface area contributed by atoms with Crippen LogP contribution in [-0.4, -0.2) is 11.6 Å². The van der Waals surface area contributed by atoms with E-state index in [0.29, 0.717) is 12.5 Å². The maximum atomic E-state index is 5.64. The first-order chi connectivity index (χ1) is 9.92. The van der Waals surface area contributed by atoms with Crippen molar-refractivity contribution in [2.75, 3.05) is 6.61 Å². The van der Waals surface area contributed by atoms with Crippen molar-refractivity contribution >= 4 is 0 Å². The Balaban J connectivity index is 1.58. The Kier molecular flexibility index (Phi) is 3.78. The van der Waals surface area contributed by atoms with Gasteiger partial charge in [-0.2, -0.15) is 0 Å². The second-order valence-electron chi connectivity index (χ2n) is 4.42. The van der Waals surface area contributed by atoms with E-state index in [1.807, 2.05) is 60.7 Å². The Bertz CT molecular complexity index is 647. The van der Waals surface area contributed by atoms with Gasteiger partial charge >= 0.3 is 0 Å². The maximum Gasteiger partial charge on any atom is 0.226 e. The van der Waals surface area contributed by atoms with Crippen LogP contribution in [0.25, 0.3) is 11.5 Å². The fourth-order valence-corrected chi connectivity index (χ4v) is 1.93. The van der Waals surface area contributed by atoms with Crippen molar-refractivity contribution in [2.24, 2.45) is 0 Å². The van der Waals surface area contributed by atoms with E-state index in [1.165, 1.54) is 0 Å². The van der Waals surface area contributed by atoms with Crippen molar-refractivity contribution in [2.45, 2.75) is 6.42 Å². The standard InChI is InChI=1S/C17H15NO2/c1-3-7-14(8-4-1)17-18-15(13-20-17)11-12-19-16-9-5-2-6-10-16/h1-10,13H,11-12H2. The van der Waals surface area contributed by atoms with E-state index in [1.54, 1.807) is 6.26 Å². The van der Waals surface area contributed by atoms with Crippen LogP contribution in [0.15, 0.2) is 71.3 Å². The van der Waals surface area contributed by atoms with Crippen LogP contribution >= 0.6 is 0 Å². The monoisotopic (exact) mass is 265 g/mol. The number of rotatable bonds is 5. The van der Waals surface area contributed by atoms with Gasteiger partial charge in [0.25, 0.3) is 0 Å². The molecule has 20 heavy (non-hydrogen) atoms. The molecule has 1 heterocycles. The van der Waals surface area contributed by atoms with E-state index in [-0.39, 0.29) is 0 Å². The fourth-order valence-electron chi connectivity index (χ4n) is 1.93. The minimum absolute atomic E-state index is 0.588. The molecule has 0 amide bonds. The highest BCUT2D eigenvalue weighted by Crippen LogP contribution is 2.18. The molecule has 0 bridgehead atoms. The topological polar surface area (TPSA) is 35.3 Å². The fraction of sp³-hybridized carbons (Fsp3) is 0.118. The van der Waals surface area contributed by atoms with E-state index in [2.05, 4.69) is 4.98 Å². The zero-order valence-electron chi connectivity index (χ0n) is 11.0. The quantitative estimate of drug-likeness (QED) is 0.700. The van der Waals surface area contributed by atoms with Gasteiger partial charge in [-0.3, -0.25) is 0 Å². The van der Waals surface area contributed by atoms with Crippen LogP contribution in [0.2, 0.25) is 0 Å². The number of nitrogens with zero attached hydrogens (tertiary/aromatic N) is 1. The molecule has 3 heteroatoms. The van der Waals surface area contributed by atoms with Crippen LogP contribution in [-0.2, 0) is 6.42 Å². The Morgan fingerprint density at radius 1 is 0.900 bits per heavy atom. The van der Waals surface area contributed by atoms with E-state index in [9.17, 15) is 0 Å². The number of aromatic nitrogens is 1. The molecule has 3 rings (SSSR count). The summed E-state index contributed by atoms with van der Waals surface area (Å²) in [6.45, 7) is 0.588. The number of ether oxygens (including phenoxy) is 1. The van der Waals surface area contributed by atoms with Crippen LogP contribution < -0.4 is 4.74 Å². The maximum absolute atomic E-state index is 5.64. The molecule has 0 aliphatic heterocycles. The molecule has 2 aromatic carbocycles. The van der Waals surface area contributed by atoms with Crippen LogP contribution in [0.1, 0.15) is 5.69 Å². The molecule has 0 atom stereocenters. The molecule has 0 unspecified atom stereocenters. The Hall–Kier alpha value is -2.55. The minimum Gasteiger partial charge on any atom is -0.493 e. The summed E-state index contributed by atoms with van der Waals surface area (Å²) in [4.78, 5) is 4.47. The lowest BCUT2D eigenvalue weighted by molar-refractivity contribution is 0.320.